The molecule has 1 atom stereocenters. The van der Waals surface area contributed by atoms with Gasteiger partial charge < -0.3 is 9.72 Å². The zero-order chi connectivity index (χ0) is 19.3. The Morgan fingerprint density at radius 1 is 1.11 bits per heavy atom. The van der Waals surface area contributed by atoms with Crippen molar-refractivity contribution in [1.82, 2.24) is 24.7 Å². The molecule has 0 bridgehead atoms. The number of nitrogens with zero attached hydrogens (tertiary/aromatic N) is 4. The normalized spacial score (nSPS) is 16.6. The van der Waals surface area contributed by atoms with Gasteiger partial charge in [0.1, 0.15) is 11.3 Å². The van der Waals surface area contributed by atoms with E-state index in [1.54, 1.807) is 29.9 Å². The molecule has 0 fully saturated rings. The molecule has 140 valence electrons. The summed E-state index contributed by atoms with van der Waals surface area (Å²) in [5, 5.41) is 3.77. The summed E-state index contributed by atoms with van der Waals surface area (Å²) in [6.07, 6.45) is 9.86. The predicted octanol–water partition coefficient (Wildman–Crippen LogP) is 4.12. The maximum absolute atomic E-state index is 14.8. The molecule has 28 heavy (non-hydrogen) atoms. The molecule has 1 unspecified atom stereocenters. The molecule has 4 heterocycles. The lowest BCUT2D eigenvalue weighted by molar-refractivity contribution is 0.622. The second-order valence-corrected chi connectivity index (χ2v) is 7.03. The Morgan fingerprint density at radius 2 is 2.00 bits per heavy atom. The van der Waals surface area contributed by atoms with Crippen molar-refractivity contribution in [3.8, 4) is 11.4 Å². The van der Waals surface area contributed by atoms with E-state index in [2.05, 4.69) is 20.3 Å². The minimum absolute atomic E-state index is 0.167. The first kappa shape index (κ1) is 16.8. The van der Waals surface area contributed by atoms with Crippen molar-refractivity contribution in [3.63, 3.8) is 0 Å². The molecule has 0 aliphatic carbocycles. The van der Waals surface area contributed by atoms with E-state index < -0.39 is 11.6 Å². The van der Waals surface area contributed by atoms with Crippen LogP contribution in [0, 0.1) is 18.6 Å². The van der Waals surface area contributed by atoms with E-state index in [4.69, 9.17) is 0 Å². The van der Waals surface area contributed by atoms with Gasteiger partial charge in [-0.1, -0.05) is 6.08 Å². The van der Waals surface area contributed by atoms with Gasteiger partial charge in [-0.05, 0) is 43.3 Å². The van der Waals surface area contributed by atoms with Gasteiger partial charge in [0.05, 0.1) is 5.69 Å². The molecular formula is C21H17F2N5. The fourth-order valence-electron chi connectivity index (χ4n) is 3.66. The van der Waals surface area contributed by atoms with E-state index in [0.29, 0.717) is 16.6 Å². The molecule has 4 aromatic rings. The summed E-state index contributed by atoms with van der Waals surface area (Å²) < 4.78 is 30.8. The molecule has 1 aliphatic heterocycles. The fourth-order valence-corrected chi connectivity index (χ4v) is 3.66. The largest absolute Gasteiger partial charge is 0.391 e. The number of hydrogen-bond donors (Lipinski definition) is 1. The quantitative estimate of drug-likeness (QED) is 0.571. The Balaban J connectivity index is 1.61. The van der Waals surface area contributed by atoms with Crippen LogP contribution in [0.5, 0.6) is 0 Å². The third-order valence-electron chi connectivity index (χ3n) is 5.02. The van der Waals surface area contributed by atoms with Gasteiger partial charge in [0.25, 0.3) is 0 Å². The Kier molecular flexibility index (Phi) is 3.82. The average molecular weight is 377 g/mol. The van der Waals surface area contributed by atoms with Gasteiger partial charge in [0.15, 0.2) is 17.3 Å². The third kappa shape index (κ3) is 2.79. The molecule has 7 heteroatoms. The van der Waals surface area contributed by atoms with Crippen LogP contribution in [0.3, 0.4) is 0 Å². The number of fused-ring (bicyclic) bond motifs is 2. The van der Waals surface area contributed by atoms with E-state index >= 15 is 0 Å². The second kappa shape index (κ2) is 6.37. The number of aromatic nitrogens is 4. The number of nitrogens with one attached hydrogen (secondary N) is 1. The number of rotatable bonds is 2. The highest BCUT2D eigenvalue weighted by Crippen LogP contribution is 2.29. The van der Waals surface area contributed by atoms with Crippen LogP contribution in [-0.2, 0) is 0 Å². The average Bonchev–Trinajstić information content (AvgIpc) is 3.09. The van der Waals surface area contributed by atoms with Gasteiger partial charge in [0.2, 0.25) is 0 Å². The maximum Gasteiger partial charge on any atom is 0.173 e. The van der Waals surface area contributed by atoms with Crippen LogP contribution in [0.15, 0.2) is 49.1 Å². The predicted molar refractivity (Wildman–Crippen MR) is 103 cm³/mol. The number of halogens is 2. The maximum atomic E-state index is 14.8. The number of hydrogen-bond acceptors (Lipinski definition) is 4. The van der Waals surface area contributed by atoms with Gasteiger partial charge in [-0.2, -0.15) is 0 Å². The Labute approximate surface area is 159 Å². The van der Waals surface area contributed by atoms with Crippen LogP contribution in [0.2, 0.25) is 0 Å². The highest BCUT2D eigenvalue weighted by molar-refractivity contribution is 5.81. The molecule has 0 radical (unpaired) electrons. The lowest BCUT2D eigenvalue weighted by atomic mass is 9.93. The summed E-state index contributed by atoms with van der Waals surface area (Å²) >= 11 is 0. The minimum Gasteiger partial charge on any atom is -0.391 e. The zero-order valence-corrected chi connectivity index (χ0v) is 15.2. The van der Waals surface area contributed by atoms with Crippen molar-refractivity contribution in [2.45, 2.75) is 19.3 Å². The first-order valence-electron chi connectivity index (χ1n) is 9.10. The summed E-state index contributed by atoms with van der Waals surface area (Å²) in [5.41, 5.74) is 2.55. The molecule has 5 nitrogen and oxygen atoms in total. The Morgan fingerprint density at radius 3 is 2.82 bits per heavy atom. The lowest BCUT2D eigenvalue weighted by Crippen LogP contribution is -2.16. The van der Waals surface area contributed by atoms with Gasteiger partial charge in [-0.25, -0.2) is 23.7 Å². The van der Waals surface area contributed by atoms with Crippen molar-refractivity contribution in [2.24, 2.45) is 0 Å². The van der Waals surface area contributed by atoms with E-state index in [1.165, 1.54) is 12.1 Å². The van der Waals surface area contributed by atoms with Gasteiger partial charge >= 0.3 is 0 Å². The van der Waals surface area contributed by atoms with E-state index in [1.807, 2.05) is 18.3 Å². The Hall–Kier alpha value is -3.35. The van der Waals surface area contributed by atoms with Crippen LogP contribution < -0.4 is 5.32 Å². The molecule has 1 aromatic carbocycles. The number of imidazole rings is 1. The summed E-state index contributed by atoms with van der Waals surface area (Å²) in [4.78, 5) is 12.9. The van der Waals surface area contributed by atoms with Crippen LogP contribution in [0.1, 0.15) is 23.6 Å². The number of benzene rings is 1. The van der Waals surface area contributed by atoms with Crippen LogP contribution in [0.4, 0.5) is 8.78 Å². The lowest BCUT2D eigenvalue weighted by Gasteiger charge is -2.18. The Bertz CT molecular complexity index is 1240. The van der Waals surface area contributed by atoms with Crippen molar-refractivity contribution in [3.05, 3.63) is 72.0 Å². The molecule has 0 saturated carbocycles. The summed E-state index contributed by atoms with van der Waals surface area (Å²) in [5.74, 6) is -0.431. The number of aryl methyl sites for hydroxylation is 1. The molecule has 3 aromatic heterocycles. The molecule has 1 aliphatic rings. The first-order chi connectivity index (χ1) is 13.6. The van der Waals surface area contributed by atoms with Gasteiger partial charge in [0, 0.05) is 42.0 Å². The number of pyridine rings is 1. The molecule has 0 saturated heterocycles. The fraction of sp³-hybridized carbons (Fsp3) is 0.190. The third-order valence-corrected chi connectivity index (χ3v) is 5.02. The number of allylic oxidation sites excluding steroid dienone is 1. The standard InChI is InChI=1S/C21H17F2N5/c1-12-10-28-11-16(8-18(23)21(28)26-12)20-25-9-15-6-14(7-17(22)19(15)27-20)13-2-4-24-5-3-13/h2,4,6-11,13,24H,3,5H2,1H3. The SMILES string of the molecule is Cc1cn2cc(-c3ncc4cc(C5C=CNCC5)cc(F)c4n3)cc(F)c2n1. The second-order valence-electron chi connectivity index (χ2n) is 7.03. The summed E-state index contributed by atoms with van der Waals surface area (Å²) in [7, 11) is 0. The van der Waals surface area contributed by atoms with Gasteiger partial charge in [-0.15, -0.1) is 0 Å². The molecule has 0 spiro atoms. The van der Waals surface area contributed by atoms with Crippen LogP contribution in [0.25, 0.3) is 27.9 Å². The van der Waals surface area contributed by atoms with E-state index in [9.17, 15) is 8.78 Å². The van der Waals surface area contributed by atoms with Crippen LogP contribution in [-0.4, -0.2) is 25.9 Å². The van der Waals surface area contributed by atoms with Crippen molar-refractivity contribution in [2.75, 3.05) is 6.54 Å². The zero-order valence-electron chi connectivity index (χ0n) is 15.2. The van der Waals surface area contributed by atoms with Gasteiger partial charge in [-0.3, -0.25) is 0 Å². The minimum atomic E-state index is -0.470. The van der Waals surface area contributed by atoms with Crippen molar-refractivity contribution >= 4 is 16.6 Å². The first-order valence-corrected chi connectivity index (χ1v) is 9.10. The van der Waals surface area contributed by atoms with Crippen molar-refractivity contribution in [1.29, 1.82) is 0 Å². The molecular weight excluding hydrogens is 360 g/mol. The molecule has 0 amide bonds. The molecule has 1 N–H and O–H groups in total. The molecule has 5 rings (SSSR count). The highest BCUT2D eigenvalue weighted by Gasteiger charge is 2.16. The highest BCUT2D eigenvalue weighted by atomic mass is 19.1. The summed E-state index contributed by atoms with van der Waals surface area (Å²) in [6, 6.07) is 4.78. The van der Waals surface area contributed by atoms with E-state index in [-0.39, 0.29) is 22.9 Å². The summed E-state index contributed by atoms with van der Waals surface area (Å²) in [6.45, 7) is 2.65. The monoisotopic (exact) mass is 377 g/mol. The van der Waals surface area contributed by atoms with Crippen LogP contribution >= 0.6 is 0 Å². The topological polar surface area (TPSA) is 55.1 Å². The van der Waals surface area contributed by atoms with Crippen molar-refractivity contribution < 1.29 is 8.78 Å². The smallest absolute Gasteiger partial charge is 0.173 e. The van der Waals surface area contributed by atoms with E-state index in [0.717, 1.165) is 18.5 Å².